The van der Waals surface area contributed by atoms with Crippen molar-refractivity contribution in [3.05, 3.63) is 87.4 Å². The lowest BCUT2D eigenvalue weighted by molar-refractivity contribution is -0.125. The van der Waals surface area contributed by atoms with Gasteiger partial charge >= 0.3 is 0 Å². The van der Waals surface area contributed by atoms with Crippen LogP contribution in [-0.4, -0.2) is 28.8 Å². The lowest BCUT2D eigenvalue weighted by atomic mass is 9.97. The molecule has 2 aromatic carbocycles. The molecular formula is C23H22ClFN4O2. The predicted octanol–water partition coefficient (Wildman–Crippen LogP) is 3.56. The van der Waals surface area contributed by atoms with E-state index in [1.807, 2.05) is 4.90 Å². The first-order valence-corrected chi connectivity index (χ1v) is 10.5. The zero-order chi connectivity index (χ0) is 21.8. The molecule has 1 aliphatic heterocycles. The van der Waals surface area contributed by atoms with Gasteiger partial charge < -0.3 is 10.2 Å². The van der Waals surface area contributed by atoms with Gasteiger partial charge in [-0.15, -0.1) is 5.10 Å². The third kappa shape index (κ3) is 4.94. The first-order chi connectivity index (χ1) is 15.0. The summed E-state index contributed by atoms with van der Waals surface area (Å²) in [4.78, 5) is 27.0. The Balaban J connectivity index is 1.47. The Morgan fingerprint density at radius 2 is 2.00 bits per heavy atom. The number of carbonyl (C=O) groups is 1. The summed E-state index contributed by atoms with van der Waals surface area (Å²) < 4.78 is 15.1. The van der Waals surface area contributed by atoms with E-state index < -0.39 is 0 Å². The fraction of sp³-hybridized carbons (Fsp3) is 0.261. The van der Waals surface area contributed by atoms with Crippen molar-refractivity contribution in [2.24, 2.45) is 5.92 Å². The van der Waals surface area contributed by atoms with Crippen molar-refractivity contribution in [3.63, 3.8) is 0 Å². The van der Waals surface area contributed by atoms with Gasteiger partial charge in [0.1, 0.15) is 11.6 Å². The monoisotopic (exact) mass is 440 g/mol. The number of carbonyl (C=O) groups excluding carboxylic acids is 1. The van der Waals surface area contributed by atoms with Crippen LogP contribution in [0.1, 0.15) is 18.4 Å². The van der Waals surface area contributed by atoms with Gasteiger partial charge in [0, 0.05) is 36.3 Å². The van der Waals surface area contributed by atoms with Crippen LogP contribution in [-0.2, 0) is 11.3 Å². The number of hydrogen-bond donors (Lipinski definition) is 1. The molecular weight excluding hydrogens is 419 g/mol. The standard InChI is InChI=1S/C23H22ClFN4O2/c24-18-7-3-8-19(13-18)29-22(30)11-10-21(27-29)28-12-4-6-17(15-28)23(31)26-14-16-5-1-2-9-20(16)25/h1-3,5,7-11,13,17H,4,6,12,14-15H2,(H,26,31)/t17-/m0/s1. The van der Waals surface area contributed by atoms with Crippen molar-refractivity contribution in [2.45, 2.75) is 19.4 Å². The van der Waals surface area contributed by atoms with Gasteiger partial charge in [-0.1, -0.05) is 35.9 Å². The third-order valence-electron chi connectivity index (χ3n) is 5.37. The summed E-state index contributed by atoms with van der Waals surface area (Å²) in [6.07, 6.45) is 1.56. The number of hydrogen-bond acceptors (Lipinski definition) is 4. The number of piperidine rings is 1. The molecule has 0 bridgehead atoms. The van der Waals surface area contributed by atoms with Crippen molar-refractivity contribution in [1.29, 1.82) is 0 Å². The SMILES string of the molecule is O=C(NCc1ccccc1F)[C@H]1CCCN(c2ccc(=O)n(-c3cccc(Cl)c3)n2)C1. The normalized spacial score (nSPS) is 16.2. The summed E-state index contributed by atoms with van der Waals surface area (Å²) in [6.45, 7) is 1.36. The van der Waals surface area contributed by atoms with Gasteiger partial charge in [-0.25, -0.2) is 4.39 Å². The van der Waals surface area contributed by atoms with E-state index in [0.717, 1.165) is 19.4 Å². The van der Waals surface area contributed by atoms with Crippen LogP contribution >= 0.6 is 11.6 Å². The van der Waals surface area contributed by atoms with E-state index in [0.29, 0.717) is 28.6 Å². The maximum atomic E-state index is 13.8. The minimum absolute atomic E-state index is 0.115. The molecule has 1 aromatic heterocycles. The van der Waals surface area contributed by atoms with E-state index in [2.05, 4.69) is 10.4 Å². The van der Waals surface area contributed by atoms with E-state index in [9.17, 15) is 14.0 Å². The van der Waals surface area contributed by atoms with Gasteiger partial charge in [-0.05, 0) is 43.2 Å². The van der Waals surface area contributed by atoms with Crippen LogP contribution in [0, 0.1) is 11.7 Å². The van der Waals surface area contributed by atoms with Crippen LogP contribution in [0.15, 0.2) is 65.5 Å². The van der Waals surface area contributed by atoms with E-state index in [4.69, 9.17) is 11.6 Å². The summed E-state index contributed by atoms with van der Waals surface area (Å²) in [7, 11) is 0. The predicted molar refractivity (Wildman–Crippen MR) is 118 cm³/mol. The number of anilines is 1. The molecule has 1 amide bonds. The van der Waals surface area contributed by atoms with Gasteiger partial charge in [0.05, 0.1) is 11.6 Å². The molecule has 2 heterocycles. The summed E-state index contributed by atoms with van der Waals surface area (Å²) in [5, 5.41) is 7.85. The molecule has 0 spiro atoms. The number of nitrogens with one attached hydrogen (secondary N) is 1. The summed E-state index contributed by atoms with van der Waals surface area (Å²) in [6, 6.07) is 16.5. The summed E-state index contributed by atoms with van der Waals surface area (Å²) in [5.74, 6) is -0.0725. The summed E-state index contributed by atoms with van der Waals surface area (Å²) >= 11 is 6.05. The van der Waals surface area contributed by atoms with E-state index in [1.54, 1.807) is 48.5 Å². The number of aromatic nitrogens is 2. The van der Waals surface area contributed by atoms with Crippen LogP contribution in [0.5, 0.6) is 0 Å². The molecule has 0 saturated carbocycles. The van der Waals surface area contributed by atoms with Crippen LogP contribution in [0.2, 0.25) is 5.02 Å². The highest BCUT2D eigenvalue weighted by Gasteiger charge is 2.27. The number of rotatable bonds is 5. The van der Waals surface area contributed by atoms with Gasteiger partial charge in [-0.3, -0.25) is 9.59 Å². The highest BCUT2D eigenvalue weighted by molar-refractivity contribution is 6.30. The Morgan fingerprint density at radius 1 is 1.16 bits per heavy atom. The lowest BCUT2D eigenvalue weighted by Crippen LogP contribution is -2.43. The topological polar surface area (TPSA) is 67.2 Å². The van der Waals surface area contributed by atoms with Crippen LogP contribution in [0.4, 0.5) is 10.2 Å². The Kier molecular flexibility index (Phi) is 6.32. The average molecular weight is 441 g/mol. The second kappa shape index (κ2) is 9.31. The van der Waals surface area contributed by atoms with Crippen molar-refractivity contribution < 1.29 is 9.18 Å². The smallest absolute Gasteiger partial charge is 0.271 e. The molecule has 160 valence electrons. The average Bonchev–Trinajstić information content (AvgIpc) is 2.79. The minimum Gasteiger partial charge on any atom is -0.354 e. The zero-order valence-corrected chi connectivity index (χ0v) is 17.6. The van der Waals surface area contributed by atoms with E-state index >= 15 is 0 Å². The fourth-order valence-corrected chi connectivity index (χ4v) is 3.92. The molecule has 1 saturated heterocycles. The molecule has 1 aliphatic rings. The zero-order valence-electron chi connectivity index (χ0n) is 16.8. The van der Waals surface area contributed by atoms with Gasteiger partial charge in [0.25, 0.3) is 5.56 Å². The van der Waals surface area contributed by atoms with Gasteiger partial charge in [0.2, 0.25) is 5.91 Å². The Labute approximate surface area is 184 Å². The molecule has 1 fully saturated rings. The molecule has 0 aliphatic carbocycles. The van der Waals surface area contributed by atoms with Crippen LogP contribution < -0.4 is 15.8 Å². The van der Waals surface area contributed by atoms with Crippen molar-refractivity contribution in [2.75, 3.05) is 18.0 Å². The van der Waals surface area contributed by atoms with Gasteiger partial charge in [-0.2, -0.15) is 4.68 Å². The largest absolute Gasteiger partial charge is 0.354 e. The lowest BCUT2D eigenvalue weighted by Gasteiger charge is -2.33. The molecule has 1 N–H and O–H groups in total. The fourth-order valence-electron chi connectivity index (χ4n) is 3.73. The Hall–Kier alpha value is -3.19. The number of nitrogens with zero attached hydrogens (tertiary/aromatic N) is 3. The van der Waals surface area contributed by atoms with Gasteiger partial charge in [0.15, 0.2) is 0 Å². The molecule has 0 unspecified atom stereocenters. The molecule has 3 aromatic rings. The number of halogens is 2. The number of amides is 1. The second-order valence-corrected chi connectivity index (χ2v) is 7.95. The Morgan fingerprint density at radius 3 is 2.81 bits per heavy atom. The van der Waals surface area contributed by atoms with E-state index in [1.165, 1.54) is 16.8 Å². The summed E-state index contributed by atoms with van der Waals surface area (Å²) in [5.41, 5.74) is 0.775. The molecule has 0 radical (unpaired) electrons. The molecule has 31 heavy (non-hydrogen) atoms. The maximum Gasteiger partial charge on any atom is 0.271 e. The highest BCUT2D eigenvalue weighted by atomic mass is 35.5. The second-order valence-electron chi connectivity index (χ2n) is 7.52. The Bertz CT molecular complexity index is 1150. The molecule has 1 atom stereocenters. The third-order valence-corrected chi connectivity index (χ3v) is 5.60. The first kappa shape index (κ1) is 21.1. The molecule has 8 heteroatoms. The molecule has 4 rings (SSSR count). The van der Waals surface area contributed by atoms with Crippen LogP contribution in [0.3, 0.4) is 0 Å². The van der Waals surface area contributed by atoms with Crippen molar-refractivity contribution in [3.8, 4) is 5.69 Å². The highest BCUT2D eigenvalue weighted by Crippen LogP contribution is 2.22. The quantitative estimate of drug-likeness (QED) is 0.658. The maximum absolute atomic E-state index is 13.8. The molecule has 6 nitrogen and oxygen atoms in total. The number of benzene rings is 2. The first-order valence-electron chi connectivity index (χ1n) is 10.1. The van der Waals surface area contributed by atoms with Crippen molar-refractivity contribution in [1.82, 2.24) is 15.1 Å². The van der Waals surface area contributed by atoms with Crippen LogP contribution in [0.25, 0.3) is 5.69 Å². The minimum atomic E-state index is -0.333. The van der Waals surface area contributed by atoms with Crippen molar-refractivity contribution >= 4 is 23.3 Å². The van der Waals surface area contributed by atoms with E-state index in [-0.39, 0.29) is 29.7 Å².